The standard InChI is InChI=1S/C20H15F3N4O3S/c1-28-15-7-5-12(6-8-15)9-16-25-26-19(29-16)31-11-17-24-18(27-30-17)13-3-2-4-14(10-13)20(21,22)23/h2-8,10H,9,11H2,1H3. The average molecular weight is 448 g/mol. The number of thioether (sulfide) groups is 1. The molecule has 7 nitrogen and oxygen atoms in total. The van der Waals surface area contributed by atoms with Crippen LogP contribution in [0.2, 0.25) is 0 Å². The lowest BCUT2D eigenvalue weighted by molar-refractivity contribution is -0.137. The van der Waals surface area contributed by atoms with Gasteiger partial charge in [-0.3, -0.25) is 0 Å². The molecule has 0 aliphatic heterocycles. The lowest BCUT2D eigenvalue weighted by atomic mass is 10.1. The molecular weight excluding hydrogens is 433 g/mol. The van der Waals surface area contributed by atoms with E-state index in [9.17, 15) is 13.2 Å². The van der Waals surface area contributed by atoms with Gasteiger partial charge in [-0.05, 0) is 29.8 Å². The lowest BCUT2D eigenvalue weighted by Gasteiger charge is -2.06. The molecule has 2 heterocycles. The van der Waals surface area contributed by atoms with E-state index < -0.39 is 11.7 Å². The molecule has 0 radical (unpaired) electrons. The van der Waals surface area contributed by atoms with Crippen LogP contribution in [0.5, 0.6) is 5.75 Å². The third kappa shape index (κ3) is 5.23. The maximum absolute atomic E-state index is 12.9. The van der Waals surface area contributed by atoms with Gasteiger partial charge in [0.1, 0.15) is 5.75 Å². The second-order valence-corrected chi connectivity index (χ2v) is 7.29. The number of nitrogens with zero attached hydrogens (tertiary/aromatic N) is 4. The summed E-state index contributed by atoms with van der Waals surface area (Å²) in [6.07, 6.45) is -3.97. The summed E-state index contributed by atoms with van der Waals surface area (Å²) in [6, 6.07) is 12.3. The molecule has 0 atom stereocenters. The van der Waals surface area contributed by atoms with Crippen LogP contribution in [0.4, 0.5) is 13.2 Å². The topological polar surface area (TPSA) is 87.1 Å². The van der Waals surface area contributed by atoms with Gasteiger partial charge < -0.3 is 13.7 Å². The average Bonchev–Trinajstić information content (AvgIpc) is 3.42. The maximum atomic E-state index is 12.9. The van der Waals surface area contributed by atoms with Crippen molar-refractivity contribution in [3.05, 3.63) is 71.4 Å². The Morgan fingerprint density at radius 2 is 1.84 bits per heavy atom. The highest BCUT2D eigenvalue weighted by Crippen LogP contribution is 2.31. The highest BCUT2D eigenvalue weighted by molar-refractivity contribution is 7.98. The Bertz CT molecular complexity index is 1160. The Hall–Kier alpha value is -3.34. The molecule has 4 aromatic rings. The monoisotopic (exact) mass is 448 g/mol. The van der Waals surface area contributed by atoms with Crippen LogP contribution >= 0.6 is 11.8 Å². The van der Waals surface area contributed by atoms with E-state index in [0.717, 1.165) is 23.4 Å². The maximum Gasteiger partial charge on any atom is 0.416 e. The number of rotatable bonds is 7. The highest BCUT2D eigenvalue weighted by atomic mass is 32.2. The molecule has 2 aromatic carbocycles. The first-order chi connectivity index (χ1) is 14.9. The fourth-order valence-corrected chi connectivity index (χ4v) is 3.29. The fourth-order valence-electron chi connectivity index (χ4n) is 2.67. The molecule has 160 valence electrons. The van der Waals surface area contributed by atoms with Gasteiger partial charge >= 0.3 is 6.18 Å². The molecule has 0 amide bonds. The Balaban J connectivity index is 1.37. The van der Waals surface area contributed by atoms with Gasteiger partial charge in [0.15, 0.2) is 0 Å². The van der Waals surface area contributed by atoms with Gasteiger partial charge in [-0.2, -0.15) is 18.2 Å². The van der Waals surface area contributed by atoms with Gasteiger partial charge in [-0.1, -0.05) is 41.2 Å². The minimum atomic E-state index is -4.44. The van der Waals surface area contributed by atoms with E-state index in [1.807, 2.05) is 24.3 Å². The molecule has 0 fully saturated rings. The quantitative estimate of drug-likeness (QED) is 0.364. The van der Waals surface area contributed by atoms with Gasteiger partial charge in [-0.15, -0.1) is 10.2 Å². The minimum Gasteiger partial charge on any atom is -0.497 e. The third-order valence-corrected chi connectivity index (χ3v) is 5.00. The van der Waals surface area contributed by atoms with Crippen LogP contribution in [0.15, 0.2) is 62.7 Å². The molecule has 11 heteroatoms. The molecule has 0 aliphatic carbocycles. The van der Waals surface area contributed by atoms with Crippen LogP contribution in [0, 0.1) is 0 Å². The molecule has 0 aliphatic rings. The summed E-state index contributed by atoms with van der Waals surface area (Å²) >= 11 is 1.19. The van der Waals surface area contributed by atoms with Crippen molar-refractivity contribution < 1.29 is 26.8 Å². The first-order valence-electron chi connectivity index (χ1n) is 8.99. The van der Waals surface area contributed by atoms with Crippen LogP contribution in [-0.4, -0.2) is 27.4 Å². The zero-order chi connectivity index (χ0) is 21.8. The van der Waals surface area contributed by atoms with Crippen molar-refractivity contribution in [3.63, 3.8) is 0 Å². The Morgan fingerprint density at radius 3 is 2.58 bits per heavy atom. The largest absolute Gasteiger partial charge is 0.497 e. The summed E-state index contributed by atoms with van der Waals surface area (Å²) in [5, 5.41) is 12.1. The van der Waals surface area contributed by atoms with Gasteiger partial charge in [0.2, 0.25) is 17.6 Å². The molecule has 4 rings (SSSR count). The zero-order valence-corrected chi connectivity index (χ0v) is 16.9. The Labute approximate surface area is 178 Å². The number of alkyl halides is 3. The van der Waals surface area contributed by atoms with Gasteiger partial charge in [0.05, 0.1) is 24.8 Å². The summed E-state index contributed by atoms with van der Waals surface area (Å²) in [5.41, 5.74) is 0.430. The normalized spacial score (nSPS) is 11.6. The smallest absolute Gasteiger partial charge is 0.416 e. The Kier molecular flexibility index (Phi) is 5.94. The fraction of sp³-hybridized carbons (Fsp3) is 0.200. The van der Waals surface area contributed by atoms with E-state index in [2.05, 4.69) is 20.3 Å². The van der Waals surface area contributed by atoms with Crippen molar-refractivity contribution in [2.45, 2.75) is 23.6 Å². The van der Waals surface area contributed by atoms with E-state index in [-0.39, 0.29) is 23.0 Å². The van der Waals surface area contributed by atoms with Gasteiger partial charge in [-0.25, -0.2) is 0 Å². The van der Waals surface area contributed by atoms with Crippen LogP contribution < -0.4 is 4.74 Å². The summed E-state index contributed by atoms with van der Waals surface area (Å²) in [4.78, 5) is 4.14. The number of halogens is 3. The molecule has 0 spiro atoms. The van der Waals surface area contributed by atoms with E-state index in [0.29, 0.717) is 17.5 Å². The van der Waals surface area contributed by atoms with Crippen molar-refractivity contribution in [2.24, 2.45) is 0 Å². The predicted molar refractivity (Wildman–Crippen MR) is 104 cm³/mol. The van der Waals surface area contributed by atoms with Crippen LogP contribution in [-0.2, 0) is 18.3 Å². The molecule has 0 N–H and O–H groups in total. The second-order valence-electron chi connectivity index (χ2n) is 6.37. The van der Waals surface area contributed by atoms with Crippen molar-refractivity contribution >= 4 is 11.8 Å². The van der Waals surface area contributed by atoms with Crippen molar-refractivity contribution in [1.82, 2.24) is 20.3 Å². The molecule has 2 aromatic heterocycles. The SMILES string of the molecule is COc1ccc(Cc2nnc(SCc3nc(-c4cccc(C(F)(F)F)c4)no3)o2)cc1. The molecule has 0 bridgehead atoms. The summed E-state index contributed by atoms with van der Waals surface area (Å²) in [7, 11) is 1.60. The molecule has 0 saturated carbocycles. The third-order valence-electron chi connectivity index (χ3n) is 4.20. The first kappa shape index (κ1) is 20.9. The van der Waals surface area contributed by atoms with Crippen molar-refractivity contribution in [2.75, 3.05) is 7.11 Å². The number of ether oxygens (including phenoxy) is 1. The predicted octanol–water partition coefficient (Wildman–Crippen LogP) is 5.03. The molecule has 31 heavy (non-hydrogen) atoms. The van der Waals surface area contributed by atoms with E-state index >= 15 is 0 Å². The molecular formula is C20H15F3N4O3S. The molecule has 0 saturated heterocycles. The number of hydrogen-bond donors (Lipinski definition) is 0. The lowest BCUT2D eigenvalue weighted by Crippen LogP contribution is -2.04. The zero-order valence-electron chi connectivity index (χ0n) is 16.1. The van der Waals surface area contributed by atoms with Gasteiger partial charge in [0.25, 0.3) is 5.22 Å². The van der Waals surface area contributed by atoms with Crippen LogP contribution in [0.1, 0.15) is 22.9 Å². The van der Waals surface area contributed by atoms with Crippen LogP contribution in [0.25, 0.3) is 11.4 Å². The summed E-state index contributed by atoms with van der Waals surface area (Å²) < 4.78 is 54.5. The summed E-state index contributed by atoms with van der Waals surface area (Å²) in [5.74, 6) is 1.74. The molecule has 0 unspecified atom stereocenters. The number of benzene rings is 2. The van der Waals surface area contributed by atoms with E-state index in [4.69, 9.17) is 13.7 Å². The van der Waals surface area contributed by atoms with E-state index in [1.165, 1.54) is 23.9 Å². The summed E-state index contributed by atoms with van der Waals surface area (Å²) in [6.45, 7) is 0. The van der Waals surface area contributed by atoms with E-state index in [1.54, 1.807) is 7.11 Å². The van der Waals surface area contributed by atoms with Gasteiger partial charge in [0, 0.05) is 5.56 Å². The highest BCUT2D eigenvalue weighted by Gasteiger charge is 2.30. The second kappa shape index (κ2) is 8.80. The Morgan fingerprint density at radius 1 is 1.03 bits per heavy atom. The minimum absolute atomic E-state index is 0.0763. The first-order valence-corrected chi connectivity index (χ1v) is 9.97. The number of methoxy groups -OCH3 is 1. The van der Waals surface area contributed by atoms with Crippen molar-refractivity contribution in [3.8, 4) is 17.1 Å². The number of aromatic nitrogens is 4. The van der Waals surface area contributed by atoms with Crippen molar-refractivity contribution in [1.29, 1.82) is 0 Å². The number of hydrogen-bond acceptors (Lipinski definition) is 8. The van der Waals surface area contributed by atoms with Crippen LogP contribution in [0.3, 0.4) is 0 Å².